The minimum Gasteiger partial charge on any atom is -0.347 e. The van der Waals surface area contributed by atoms with Crippen molar-refractivity contribution in [1.29, 1.82) is 0 Å². The fourth-order valence-electron chi connectivity index (χ4n) is 2.81. The van der Waals surface area contributed by atoms with Gasteiger partial charge in [0.2, 0.25) is 0 Å². The van der Waals surface area contributed by atoms with Gasteiger partial charge in [0.05, 0.1) is 11.5 Å². The van der Waals surface area contributed by atoms with Crippen LogP contribution in [-0.2, 0) is 9.84 Å². The molecule has 1 aliphatic heterocycles. The molecule has 0 bridgehead atoms. The van der Waals surface area contributed by atoms with E-state index in [4.69, 9.17) is 0 Å². The quantitative estimate of drug-likeness (QED) is 0.861. The summed E-state index contributed by atoms with van der Waals surface area (Å²) in [6, 6.07) is 7.19. The molecule has 3 rings (SSSR count). The average Bonchev–Trinajstić information content (AvgIpc) is 2.89. The Labute approximate surface area is 146 Å². The van der Waals surface area contributed by atoms with Crippen LogP contribution < -0.4 is 10.6 Å². The van der Waals surface area contributed by atoms with Crippen LogP contribution in [0.4, 0.5) is 11.5 Å². The zero-order valence-corrected chi connectivity index (χ0v) is 14.9. The Morgan fingerprint density at radius 2 is 2.00 bits per heavy atom. The molecule has 1 saturated heterocycles. The fourth-order valence-corrected chi connectivity index (χ4v) is 4.48. The van der Waals surface area contributed by atoms with Gasteiger partial charge in [-0.15, -0.1) is 0 Å². The number of carbonyl (C=O) groups is 1. The highest BCUT2D eigenvalue weighted by atomic mass is 32.2. The van der Waals surface area contributed by atoms with Crippen molar-refractivity contribution >= 4 is 27.2 Å². The summed E-state index contributed by atoms with van der Waals surface area (Å²) in [6.07, 6.45) is 1.75. The van der Waals surface area contributed by atoms with E-state index in [1.54, 1.807) is 6.07 Å². The summed E-state index contributed by atoms with van der Waals surface area (Å²) < 4.78 is 23.0. The number of carbonyl (C=O) groups excluding carboxylic acids is 1. The second-order valence-corrected chi connectivity index (χ2v) is 8.53. The third-order valence-electron chi connectivity index (χ3n) is 4.11. The Hall–Kier alpha value is -2.48. The van der Waals surface area contributed by atoms with Crippen LogP contribution in [0.2, 0.25) is 0 Å². The first-order valence-corrected chi connectivity index (χ1v) is 9.82. The van der Waals surface area contributed by atoms with Crippen LogP contribution in [0.1, 0.15) is 28.0 Å². The minimum absolute atomic E-state index is 0.0164. The molecule has 2 N–H and O–H groups in total. The van der Waals surface area contributed by atoms with Gasteiger partial charge in [-0.25, -0.2) is 18.4 Å². The maximum atomic E-state index is 12.3. The standard InChI is InChI=1S/C17H20N4O3S/c1-11-3-4-14(12(2)7-11)21-16-8-15(18-10-19-16)17(22)20-13-5-6-25(23,24)9-13/h3-4,7-8,10,13H,5-6,9H2,1-2H3,(H,20,22)(H,18,19,21). The van der Waals surface area contributed by atoms with E-state index in [-0.39, 0.29) is 23.2 Å². The number of nitrogens with zero attached hydrogens (tertiary/aromatic N) is 2. The summed E-state index contributed by atoms with van der Waals surface area (Å²) in [7, 11) is -3.04. The van der Waals surface area contributed by atoms with Gasteiger partial charge in [0.15, 0.2) is 9.84 Å². The molecule has 0 aliphatic carbocycles. The van der Waals surface area contributed by atoms with Crippen LogP contribution in [0.15, 0.2) is 30.6 Å². The largest absolute Gasteiger partial charge is 0.347 e. The van der Waals surface area contributed by atoms with E-state index < -0.39 is 15.7 Å². The zero-order valence-electron chi connectivity index (χ0n) is 14.1. The number of sulfone groups is 1. The number of aryl methyl sites for hydroxylation is 2. The predicted molar refractivity (Wildman–Crippen MR) is 95.8 cm³/mol. The van der Waals surface area contributed by atoms with Crippen molar-refractivity contribution in [3.63, 3.8) is 0 Å². The van der Waals surface area contributed by atoms with Gasteiger partial charge in [0, 0.05) is 17.8 Å². The minimum atomic E-state index is -3.04. The maximum absolute atomic E-state index is 12.3. The van der Waals surface area contributed by atoms with Crippen LogP contribution in [0.25, 0.3) is 0 Å². The van der Waals surface area contributed by atoms with Gasteiger partial charge >= 0.3 is 0 Å². The summed E-state index contributed by atoms with van der Waals surface area (Å²) in [6.45, 7) is 4.01. The summed E-state index contributed by atoms with van der Waals surface area (Å²) in [5.41, 5.74) is 3.34. The van der Waals surface area contributed by atoms with E-state index in [2.05, 4.69) is 26.7 Å². The summed E-state index contributed by atoms with van der Waals surface area (Å²) >= 11 is 0. The van der Waals surface area contributed by atoms with Crippen LogP contribution in [0.3, 0.4) is 0 Å². The second-order valence-electron chi connectivity index (χ2n) is 6.31. The molecule has 0 saturated carbocycles. The van der Waals surface area contributed by atoms with E-state index in [0.717, 1.165) is 16.8 Å². The van der Waals surface area contributed by atoms with Crippen molar-refractivity contribution in [3.05, 3.63) is 47.4 Å². The highest BCUT2D eigenvalue weighted by Crippen LogP contribution is 2.20. The van der Waals surface area contributed by atoms with Crippen molar-refractivity contribution in [1.82, 2.24) is 15.3 Å². The van der Waals surface area contributed by atoms with Gasteiger partial charge in [0.1, 0.15) is 17.8 Å². The smallest absolute Gasteiger partial charge is 0.270 e. The molecule has 8 heteroatoms. The molecule has 7 nitrogen and oxygen atoms in total. The molecular weight excluding hydrogens is 340 g/mol. The molecule has 1 atom stereocenters. The van der Waals surface area contributed by atoms with Crippen LogP contribution in [-0.4, -0.2) is 41.8 Å². The Bertz CT molecular complexity index is 912. The number of amides is 1. The van der Waals surface area contributed by atoms with Gasteiger partial charge in [-0.2, -0.15) is 0 Å². The Kier molecular flexibility index (Phi) is 4.71. The summed E-state index contributed by atoms with van der Waals surface area (Å²) in [5, 5.41) is 5.90. The van der Waals surface area contributed by atoms with E-state index in [9.17, 15) is 13.2 Å². The molecule has 2 aromatic rings. The lowest BCUT2D eigenvalue weighted by atomic mass is 10.1. The predicted octanol–water partition coefficient (Wildman–Crippen LogP) is 1.75. The number of rotatable bonds is 4. The lowest BCUT2D eigenvalue weighted by molar-refractivity contribution is 0.0936. The SMILES string of the molecule is Cc1ccc(Nc2cc(C(=O)NC3CCS(=O)(=O)C3)ncn2)c(C)c1. The fraction of sp³-hybridized carbons (Fsp3) is 0.353. The molecule has 25 heavy (non-hydrogen) atoms. The third-order valence-corrected chi connectivity index (χ3v) is 5.88. The molecule has 1 aromatic heterocycles. The Morgan fingerprint density at radius 3 is 2.68 bits per heavy atom. The number of nitrogens with one attached hydrogen (secondary N) is 2. The van der Waals surface area contributed by atoms with Crippen molar-refractivity contribution in [3.8, 4) is 0 Å². The highest BCUT2D eigenvalue weighted by Gasteiger charge is 2.29. The molecule has 1 aliphatic rings. The van der Waals surface area contributed by atoms with E-state index >= 15 is 0 Å². The Balaban J connectivity index is 1.71. The number of hydrogen-bond donors (Lipinski definition) is 2. The van der Waals surface area contributed by atoms with Crippen molar-refractivity contribution in [2.75, 3.05) is 16.8 Å². The monoisotopic (exact) mass is 360 g/mol. The molecule has 132 valence electrons. The van der Waals surface area contributed by atoms with Crippen LogP contribution in [0, 0.1) is 13.8 Å². The first-order chi connectivity index (χ1) is 11.8. The van der Waals surface area contributed by atoms with Crippen molar-refractivity contribution < 1.29 is 13.2 Å². The number of aromatic nitrogens is 2. The van der Waals surface area contributed by atoms with E-state index in [1.165, 1.54) is 6.33 Å². The van der Waals surface area contributed by atoms with Crippen molar-refractivity contribution in [2.45, 2.75) is 26.3 Å². The average molecular weight is 360 g/mol. The molecule has 0 radical (unpaired) electrons. The van der Waals surface area contributed by atoms with E-state index in [0.29, 0.717) is 12.2 Å². The van der Waals surface area contributed by atoms with Gasteiger partial charge in [-0.1, -0.05) is 17.7 Å². The number of anilines is 2. The number of hydrogen-bond acceptors (Lipinski definition) is 6. The topological polar surface area (TPSA) is 101 Å². The second kappa shape index (κ2) is 6.79. The molecule has 0 spiro atoms. The van der Waals surface area contributed by atoms with Gasteiger partial charge < -0.3 is 10.6 Å². The lowest BCUT2D eigenvalue weighted by Gasteiger charge is -2.12. The highest BCUT2D eigenvalue weighted by molar-refractivity contribution is 7.91. The van der Waals surface area contributed by atoms with Crippen molar-refractivity contribution in [2.24, 2.45) is 0 Å². The first-order valence-electron chi connectivity index (χ1n) is 8.00. The van der Waals surface area contributed by atoms with E-state index in [1.807, 2.05) is 26.0 Å². The maximum Gasteiger partial charge on any atom is 0.270 e. The normalized spacial score (nSPS) is 18.7. The molecule has 2 heterocycles. The molecule has 1 aromatic carbocycles. The van der Waals surface area contributed by atoms with Crippen LogP contribution in [0.5, 0.6) is 0 Å². The first kappa shape index (κ1) is 17.3. The Morgan fingerprint density at radius 1 is 1.20 bits per heavy atom. The molecule has 1 amide bonds. The number of benzene rings is 1. The summed E-state index contributed by atoms with van der Waals surface area (Å²) in [4.78, 5) is 20.4. The van der Waals surface area contributed by atoms with Gasteiger partial charge in [-0.3, -0.25) is 4.79 Å². The lowest BCUT2D eigenvalue weighted by Crippen LogP contribution is -2.36. The molecule has 1 fully saturated rings. The van der Waals surface area contributed by atoms with Crippen LogP contribution >= 0.6 is 0 Å². The third kappa shape index (κ3) is 4.33. The molecule has 1 unspecified atom stereocenters. The van der Waals surface area contributed by atoms with Gasteiger partial charge in [-0.05, 0) is 31.9 Å². The summed E-state index contributed by atoms with van der Waals surface area (Å²) in [5.74, 6) is 0.206. The zero-order chi connectivity index (χ0) is 18.0. The van der Waals surface area contributed by atoms with Gasteiger partial charge in [0.25, 0.3) is 5.91 Å². The molecular formula is C17H20N4O3S.